The molecule has 1 aliphatic rings. The second-order valence-electron chi connectivity index (χ2n) is 5.00. The molecular weight excluding hydrogens is 174 g/mol. The standard InChI is InChI=1S/C12H23NO/c1-9(2)8-10(3)11-6-4-5-7-13-12(11)14/h9-11H,4-8H2,1-3H3,(H,13,14). The van der Waals surface area contributed by atoms with Gasteiger partial charge in [-0.25, -0.2) is 0 Å². The van der Waals surface area contributed by atoms with Gasteiger partial charge < -0.3 is 5.32 Å². The van der Waals surface area contributed by atoms with Crippen molar-refractivity contribution in [3.05, 3.63) is 0 Å². The summed E-state index contributed by atoms with van der Waals surface area (Å²) >= 11 is 0. The van der Waals surface area contributed by atoms with Crippen LogP contribution in [0.5, 0.6) is 0 Å². The summed E-state index contributed by atoms with van der Waals surface area (Å²) in [5.74, 6) is 1.78. The zero-order valence-electron chi connectivity index (χ0n) is 9.68. The molecule has 2 heteroatoms. The van der Waals surface area contributed by atoms with Crippen molar-refractivity contribution in [1.29, 1.82) is 0 Å². The number of carbonyl (C=O) groups excluding carboxylic acids is 1. The van der Waals surface area contributed by atoms with Crippen LogP contribution in [0.4, 0.5) is 0 Å². The molecule has 0 spiro atoms. The van der Waals surface area contributed by atoms with Gasteiger partial charge in [0.05, 0.1) is 0 Å². The van der Waals surface area contributed by atoms with Gasteiger partial charge in [0.2, 0.25) is 5.91 Å². The molecule has 0 bridgehead atoms. The van der Waals surface area contributed by atoms with Crippen LogP contribution in [-0.4, -0.2) is 12.5 Å². The van der Waals surface area contributed by atoms with E-state index in [1.807, 2.05) is 0 Å². The maximum atomic E-state index is 11.7. The highest BCUT2D eigenvalue weighted by atomic mass is 16.1. The van der Waals surface area contributed by atoms with E-state index < -0.39 is 0 Å². The molecule has 2 unspecified atom stereocenters. The summed E-state index contributed by atoms with van der Waals surface area (Å²) in [6, 6.07) is 0. The fourth-order valence-electron chi connectivity index (χ4n) is 2.41. The molecule has 1 amide bonds. The van der Waals surface area contributed by atoms with Crippen LogP contribution in [0.25, 0.3) is 0 Å². The van der Waals surface area contributed by atoms with Gasteiger partial charge in [0.15, 0.2) is 0 Å². The first-order valence-electron chi connectivity index (χ1n) is 5.89. The molecule has 1 aliphatic heterocycles. The topological polar surface area (TPSA) is 29.1 Å². The van der Waals surface area contributed by atoms with E-state index in [0.717, 1.165) is 25.8 Å². The van der Waals surface area contributed by atoms with Crippen molar-refractivity contribution in [1.82, 2.24) is 5.32 Å². The minimum absolute atomic E-state index is 0.264. The molecule has 0 saturated carbocycles. The van der Waals surface area contributed by atoms with E-state index in [2.05, 4.69) is 26.1 Å². The molecular formula is C12H23NO. The van der Waals surface area contributed by atoms with E-state index in [9.17, 15) is 4.79 Å². The summed E-state index contributed by atoms with van der Waals surface area (Å²) in [6.45, 7) is 7.55. The summed E-state index contributed by atoms with van der Waals surface area (Å²) in [4.78, 5) is 11.7. The highest BCUT2D eigenvalue weighted by molar-refractivity contribution is 5.79. The Morgan fingerprint density at radius 1 is 1.36 bits per heavy atom. The van der Waals surface area contributed by atoms with E-state index >= 15 is 0 Å². The van der Waals surface area contributed by atoms with Crippen molar-refractivity contribution in [3.63, 3.8) is 0 Å². The van der Waals surface area contributed by atoms with Crippen LogP contribution in [0.1, 0.15) is 46.5 Å². The van der Waals surface area contributed by atoms with E-state index in [0.29, 0.717) is 11.8 Å². The fraction of sp³-hybridized carbons (Fsp3) is 0.917. The highest BCUT2D eigenvalue weighted by Gasteiger charge is 2.26. The van der Waals surface area contributed by atoms with Crippen LogP contribution in [-0.2, 0) is 4.79 Å². The van der Waals surface area contributed by atoms with Gasteiger partial charge in [0, 0.05) is 12.5 Å². The molecule has 0 aliphatic carbocycles. The Bertz CT molecular complexity index is 189. The van der Waals surface area contributed by atoms with E-state index in [1.54, 1.807) is 0 Å². The molecule has 2 nitrogen and oxygen atoms in total. The van der Waals surface area contributed by atoms with Crippen LogP contribution in [0.15, 0.2) is 0 Å². The van der Waals surface area contributed by atoms with Gasteiger partial charge in [-0.15, -0.1) is 0 Å². The Morgan fingerprint density at radius 3 is 2.71 bits per heavy atom. The second-order valence-corrected chi connectivity index (χ2v) is 5.00. The van der Waals surface area contributed by atoms with Gasteiger partial charge in [-0.05, 0) is 31.1 Å². The van der Waals surface area contributed by atoms with Gasteiger partial charge in [0.25, 0.3) is 0 Å². The van der Waals surface area contributed by atoms with Crippen molar-refractivity contribution in [2.24, 2.45) is 17.8 Å². The summed E-state index contributed by atoms with van der Waals surface area (Å²) in [5.41, 5.74) is 0. The number of nitrogens with one attached hydrogen (secondary N) is 1. The zero-order chi connectivity index (χ0) is 10.6. The summed E-state index contributed by atoms with van der Waals surface area (Å²) < 4.78 is 0. The lowest BCUT2D eigenvalue weighted by Gasteiger charge is -2.22. The predicted octanol–water partition coefficient (Wildman–Crippen LogP) is 2.58. The SMILES string of the molecule is CC(C)CC(C)C1CCCCNC1=O. The fourth-order valence-corrected chi connectivity index (χ4v) is 2.41. The first kappa shape index (κ1) is 11.5. The van der Waals surface area contributed by atoms with E-state index in [4.69, 9.17) is 0 Å². The highest BCUT2D eigenvalue weighted by Crippen LogP contribution is 2.26. The minimum atomic E-state index is 0.264. The summed E-state index contributed by atoms with van der Waals surface area (Å²) in [5, 5.41) is 3.01. The molecule has 1 N–H and O–H groups in total. The maximum Gasteiger partial charge on any atom is 0.223 e. The normalized spacial score (nSPS) is 25.7. The molecule has 14 heavy (non-hydrogen) atoms. The van der Waals surface area contributed by atoms with Crippen molar-refractivity contribution in [3.8, 4) is 0 Å². The largest absolute Gasteiger partial charge is 0.356 e. The van der Waals surface area contributed by atoms with Crippen molar-refractivity contribution in [2.75, 3.05) is 6.54 Å². The molecule has 1 rings (SSSR count). The third kappa shape index (κ3) is 3.32. The molecule has 2 atom stereocenters. The Balaban J connectivity index is 2.50. The van der Waals surface area contributed by atoms with Gasteiger partial charge in [-0.3, -0.25) is 4.79 Å². The molecule has 0 aromatic heterocycles. The zero-order valence-corrected chi connectivity index (χ0v) is 9.68. The summed E-state index contributed by atoms with van der Waals surface area (Å²) in [7, 11) is 0. The third-order valence-electron chi connectivity index (χ3n) is 3.11. The van der Waals surface area contributed by atoms with E-state index in [1.165, 1.54) is 6.42 Å². The van der Waals surface area contributed by atoms with Crippen LogP contribution in [0.2, 0.25) is 0 Å². The molecule has 0 radical (unpaired) electrons. The monoisotopic (exact) mass is 197 g/mol. The second kappa shape index (κ2) is 5.38. The van der Waals surface area contributed by atoms with Crippen molar-refractivity contribution >= 4 is 5.91 Å². The Morgan fingerprint density at radius 2 is 2.07 bits per heavy atom. The average molecular weight is 197 g/mol. The van der Waals surface area contributed by atoms with Gasteiger partial charge in [0.1, 0.15) is 0 Å². The average Bonchev–Trinajstić information content (AvgIpc) is 2.28. The lowest BCUT2D eigenvalue weighted by molar-refractivity contribution is -0.126. The molecule has 1 heterocycles. The molecule has 1 fully saturated rings. The Labute approximate surface area is 87.5 Å². The van der Waals surface area contributed by atoms with Gasteiger partial charge >= 0.3 is 0 Å². The number of hydrogen-bond acceptors (Lipinski definition) is 1. The first-order valence-corrected chi connectivity index (χ1v) is 5.89. The number of hydrogen-bond donors (Lipinski definition) is 1. The lowest BCUT2D eigenvalue weighted by Crippen LogP contribution is -2.32. The Hall–Kier alpha value is -0.530. The molecule has 0 aromatic rings. The van der Waals surface area contributed by atoms with E-state index in [-0.39, 0.29) is 11.8 Å². The van der Waals surface area contributed by atoms with Crippen molar-refractivity contribution in [2.45, 2.75) is 46.5 Å². The lowest BCUT2D eigenvalue weighted by atomic mass is 9.84. The smallest absolute Gasteiger partial charge is 0.223 e. The van der Waals surface area contributed by atoms with Crippen LogP contribution >= 0.6 is 0 Å². The maximum absolute atomic E-state index is 11.7. The molecule has 1 saturated heterocycles. The minimum Gasteiger partial charge on any atom is -0.356 e. The predicted molar refractivity (Wildman–Crippen MR) is 59.0 cm³/mol. The van der Waals surface area contributed by atoms with Crippen molar-refractivity contribution < 1.29 is 4.79 Å². The van der Waals surface area contributed by atoms with Gasteiger partial charge in [-0.1, -0.05) is 27.2 Å². The van der Waals surface area contributed by atoms with Crippen LogP contribution in [0.3, 0.4) is 0 Å². The summed E-state index contributed by atoms with van der Waals surface area (Å²) in [6.07, 6.45) is 4.60. The third-order valence-corrected chi connectivity index (χ3v) is 3.11. The quantitative estimate of drug-likeness (QED) is 0.740. The number of rotatable bonds is 3. The molecule has 0 aromatic carbocycles. The Kier molecular flexibility index (Phi) is 4.43. The van der Waals surface area contributed by atoms with Crippen LogP contribution < -0.4 is 5.32 Å². The van der Waals surface area contributed by atoms with Crippen LogP contribution in [0, 0.1) is 17.8 Å². The first-order chi connectivity index (χ1) is 6.61. The van der Waals surface area contributed by atoms with Gasteiger partial charge in [-0.2, -0.15) is 0 Å². The number of amides is 1. The number of carbonyl (C=O) groups is 1. The molecule has 82 valence electrons.